The van der Waals surface area contributed by atoms with Gasteiger partial charge < -0.3 is 5.32 Å². The van der Waals surface area contributed by atoms with Crippen molar-refractivity contribution in [1.82, 2.24) is 5.32 Å². The predicted molar refractivity (Wildman–Crippen MR) is 51.5 cm³/mol. The Kier molecular flexibility index (Phi) is 2.76. The molecule has 2 rings (SSSR count). The molecule has 88 valence electrons. The molecule has 1 aliphatic carbocycles. The first-order valence-electron chi connectivity index (χ1n) is 4.93. The fraction of sp³-hybridized carbons (Fsp3) is 0.273. The normalized spacial score (nSPS) is 14.2. The van der Waals surface area contributed by atoms with Crippen molar-refractivity contribution in [2.75, 3.05) is 0 Å². The van der Waals surface area contributed by atoms with E-state index in [2.05, 4.69) is 5.32 Å². The van der Waals surface area contributed by atoms with Gasteiger partial charge in [0.15, 0.2) is 17.5 Å². The van der Waals surface area contributed by atoms with Crippen LogP contribution in [0.25, 0.3) is 0 Å². The van der Waals surface area contributed by atoms with Crippen molar-refractivity contribution in [2.24, 2.45) is 0 Å². The third-order valence-electron chi connectivity index (χ3n) is 2.42. The molecule has 1 aliphatic rings. The van der Waals surface area contributed by atoms with Crippen molar-refractivity contribution in [3.63, 3.8) is 0 Å². The van der Waals surface area contributed by atoms with Crippen molar-refractivity contribution in [3.05, 3.63) is 34.6 Å². The van der Waals surface area contributed by atoms with Gasteiger partial charge in [0.2, 0.25) is 0 Å². The maximum atomic E-state index is 13.3. The summed E-state index contributed by atoms with van der Waals surface area (Å²) in [6.07, 6.45) is 1.56. The lowest BCUT2D eigenvalue weighted by Gasteiger charge is -2.06. The predicted octanol–water partition coefficient (Wildman–Crippen LogP) is 1.87. The molecule has 1 aromatic carbocycles. The number of rotatable bonds is 2. The van der Waals surface area contributed by atoms with Crippen LogP contribution in [-0.4, -0.2) is 11.9 Å². The molecule has 0 aromatic heterocycles. The standard InChI is InChI=1S/C11H7F3N2O/c12-8-5(4-15)3-7(9(13)10(8)14)11(17)16-6-1-2-6/h3,6H,1-2H2,(H,16,17). The number of benzene rings is 1. The van der Waals surface area contributed by atoms with Gasteiger partial charge in [0.1, 0.15) is 6.07 Å². The number of nitrogens with one attached hydrogen (secondary N) is 1. The van der Waals surface area contributed by atoms with Gasteiger partial charge in [-0.15, -0.1) is 0 Å². The molecular formula is C11H7F3N2O. The fourth-order valence-corrected chi connectivity index (χ4v) is 1.34. The highest BCUT2D eigenvalue weighted by Crippen LogP contribution is 2.22. The van der Waals surface area contributed by atoms with E-state index < -0.39 is 34.5 Å². The molecular weight excluding hydrogens is 233 g/mol. The number of nitriles is 1. The van der Waals surface area contributed by atoms with E-state index in [-0.39, 0.29) is 6.04 Å². The number of carbonyl (C=O) groups excluding carboxylic acids is 1. The van der Waals surface area contributed by atoms with Gasteiger partial charge in [-0.3, -0.25) is 4.79 Å². The largest absolute Gasteiger partial charge is 0.349 e. The monoisotopic (exact) mass is 240 g/mol. The summed E-state index contributed by atoms with van der Waals surface area (Å²) in [6.45, 7) is 0. The molecule has 0 atom stereocenters. The van der Waals surface area contributed by atoms with E-state index in [9.17, 15) is 18.0 Å². The smallest absolute Gasteiger partial charge is 0.254 e. The summed E-state index contributed by atoms with van der Waals surface area (Å²) in [5.41, 5.74) is -1.34. The summed E-state index contributed by atoms with van der Waals surface area (Å²) in [7, 11) is 0. The maximum Gasteiger partial charge on any atom is 0.254 e. The lowest BCUT2D eigenvalue weighted by molar-refractivity contribution is 0.0945. The van der Waals surface area contributed by atoms with E-state index in [4.69, 9.17) is 5.26 Å². The second-order valence-corrected chi connectivity index (χ2v) is 3.77. The fourth-order valence-electron chi connectivity index (χ4n) is 1.34. The van der Waals surface area contributed by atoms with Crippen molar-refractivity contribution >= 4 is 5.91 Å². The summed E-state index contributed by atoms with van der Waals surface area (Å²) in [5.74, 6) is -5.78. The minimum Gasteiger partial charge on any atom is -0.349 e. The number of hydrogen-bond donors (Lipinski definition) is 1. The molecule has 0 spiro atoms. The summed E-state index contributed by atoms with van der Waals surface area (Å²) < 4.78 is 39.4. The van der Waals surface area contributed by atoms with Gasteiger partial charge in [-0.05, 0) is 18.9 Å². The van der Waals surface area contributed by atoms with Crippen LogP contribution < -0.4 is 5.32 Å². The molecule has 1 aromatic rings. The number of nitrogens with zero attached hydrogens (tertiary/aromatic N) is 1. The molecule has 0 bridgehead atoms. The lowest BCUT2D eigenvalue weighted by atomic mass is 10.1. The molecule has 1 N–H and O–H groups in total. The maximum absolute atomic E-state index is 13.3. The summed E-state index contributed by atoms with van der Waals surface area (Å²) >= 11 is 0. The molecule has 0 radical (unpaired) electrons. The molecule has 6 heteroatoms. The van der Waals surface area contributed by atoms with Crippen molar-refractivity contribution < 1.29 is 18.0 Å². The molecule has 0 saturated heterocycles. The third-order valence-corrected chi connectivity index (χ3v) is 2.42. The van der Waals surface area contributed by atoms with Crippen LogP contribution in [0.3, 0.4) is 0 Å². The van der Waals surface area contributed by atoms with Gasteiger partial charge in [0.25, 0.3) is 5.91 Å². The van der Waals surface area contributed by atoms with Crippen LogP contribution >= 0.6 is 0 Å². The molecule has 0 heterocycles. The van der Waals surface area contributed by atoms with Crippen LogP contribution in [0.4, 0.5) is 13.2 Å². The second kappa shape index (κ2) is 4.09. The van der Waals surface area contributed by atoms with Crippen molar-refractivity contribution in [3.8, 4) is 6.07 Å². The molecule has 17 heavy (non-hydrogen) atoms. The average molecular weight is 240 g/mol. The molecule has 0 unspecified atom stereocenters. The quantitative estimate of drug-likeness (QED) is 0.802. The SMILES string of the molecule is N#Cc1cc(C(=O)NC2CC2)c(F)c(F)c1F. The highest BCUT2D eigenvalue weighted by molar-refractivity contribution is 5.95. The Morgan fingerprint density at radius 1 is 1.29 bits per heavy atom. The zero-order valence-corrected chi connectivity index (χ0v) is 8.56. The van der Waals surface area contributed by atoms with E-state index in [1.54, 1.807) is 0 Å². The first-order chi connectivity index (χ1) is 8.04. The zero-order chi connectivity index (χ0) is 12.6. The van der Waals surface area contributed by atoms with Crippen LogP contribution in [0.1, 0.15) is 28.8 Å². The van der Waals surface area contributed by atoms with Gasteiger partial charge in [0.05, 0.1) is 11.1 Å². The molecule has 1 saturated carbocycles. The Bertz CT molecular complexity index is 532. The van der Waals surface area contributed by atoms with Crippen LogP contribution in [0.2, 0.25) is 0 Å². The summed E-state index contributed by atoms with van der Waals surface area (Å²) in [5, 5.41) is 11.0. The number of halogens is 3. The van der Waals surface area contributed by atoms with E-state index in [1.165, 1.54) is 6.07 Å². The Morgan fingerprint density at radius 3 is 2.47 bits per heavy atom. The molecule has 0 aliphatic heterocycles. The summed E-state index contributed by atoms with van der Waals surface area (Å²) in [6, 6.07) is 2.04. The van der Waals surface area contributed by atoms with E-state index in [1.807, 2.05) is 0 Å². The Balaban J connectivity index is 2.42. The minimum atomic E-state index is -1.80. The minimum absolute atomic E-state index is 0.0412. The van der Waals surface area contributed by atoms with Crippen LogP contribution in [0.5, 0.6) is 0 Å². The number of hydrogen-bond acceptors (Lipinski definition) is 2. The van der Waals surface area contributed by atoms with Crippen LogP contribution in [0.15, 0.2) is 6.07 Å². The van der Waals surface area contributed by atoms with Crippen LogP contribution in [0, 0.1) is 28.8 Å². The van der Waals surface area contributed by atoms with E-state index in [0.717, 1.165) is 12.8 Å². The van der Waals surface area contributed by atoms with Gasteiger partial charge in [0, 0.05) is 6.04 Å². The highest BCUT2D eigenvalue weighted by atomic mass is 19.2. The summed E-state index contributed by atoms with van der Waals surface area (Å²) in [4.78, 5) is 11.5. The Morgan fingerprint density at radius 2 is 1.94 bits per heavy atom. The Labute approximate surface area is 94.9 Å². The first kappa shape index (κ1) is 11.5. The topological polar surface area (TPSA) is 52.9 Å². The third kappa shape index (κ3) is 2.09. The number of carbonyl (C=O) groups is 1. The van der Waals surface area contributed by atoms with E-state index in [0.29, 0.717) is 6.07 Å². The molecule has 3 nitrogen and oxygen atoms in total. The lowest BCUT2D eigenvalue weighted by Crippen LogP contribution is -2.27. The molecule has 1 amide bonds. The van der Waals surface area contributed by atoms with Gasteiger partial charge in [-0.1, -0.05) is 0 Å². The first-order valence-corrected chi connectivity index (χ1v) is 4.93. The average Bonchev–Trinajstić information content (AvgIpc) is 3.10. The second-order valence-electron chi connectivity index (χ2n) is 3.77. The zero-order valence-electron chi connectivity index (χ0n) is 8.56. The molecule has 1 fully saturated rings. The van der Waals surface area contributed by atoms with Crippen LogP contribution in [-0.2, 0) is 0 Å². The van der Waals surface area contributed by atoms with Crippen molar-refractivity contribution in [1.29, 1.82) is 5.26 Å². The van der Waals surface area contributed by atoms with Crippen molar-refractivity contribution in [2.45, 2.75) is 18.9 Å². The number of amides is 1. The van der Waals surface area contributed by atoms with Gasteiger partial charge in [-0.2, -0.15) is 5.26 Å². The highest BCUT2D eigenvalue weighted by Gasteiger charge is 2.27. The van der Waals surface area contributed by atoms with Gasteiger partial charge >= 0.3 is 0 Å². The Hall–Kier alpha value is -2.03. The van der Waals surface area contributed by atoms with E-state index >= 15 is 0 Å². The van der Waals surface area contributed by atoms with Gasteiger partial charge in [-0.25, -0.2) is 13.2 Å².